The molecule has 1 aliphatic heterocycles. The number of nitrogen functional groups attached to an aromatic ring is 1. The first-order valence-corrected chi connectivity index (χ1v) is 11.6. The lowest BCUT2D eigenvalue weighted by Crippen LogP contribution is -2.58. The molecule has 0 aliphatic carbocycles. The molecule has 5 unspecified atom stereocenters. The molecule has 0 saturated carbocycles. The Bertz CT molecular complexity index is 699. The summed E-state index contributed by atoms with van der Waals surface area (Å²) in [6.07, 6.45) is 5.05. The van der Waals surface area contributed by atoms with E-state index in [0.29, 0.717) is 11.4 Å². The summed E-state index contributed by atoms with van der Waals surface area (Å²) in [5.41, 5.74) is 7.82. The second-order valence-corrected chi connectivity index (χ2v) is 8.56. The van der Waals surface area contributed by atoms with Gasteiger partial charge >= 0.3 is 5.97 Å². The van der Waals surface area contributed by atoms with Crippen molar-refractivity contribution in [2.24, 2.45) is 0 Å². The number of aliphatic hydroxyl groups is 2. The Balaban J connectivity index is 1.74. The average Bonchev–Trinajstić information content (AvgIpc) is 2.75. The minimum Gasteiger partial charge on any atom is -0.481 e. The lowest BCUT2D eigenvalue weighted by Gasteiger charge is -2.40. The number of nitrogens with two attached hydrogens (primary N) is 1. The molecular weight excluding hydrogens is 414 g/mol. The lowest BCUT2D eigenvalue weighted by molar-refractivity contribution is -0.272. The minimum atomic E-state index is -1.25. The first kappa shape index (κ1) is 26.4. The van der Waals surface area contributed by atoms with Crippen LogP contribution in [0.25, 0.3) is 0 Å². The Labute approximate surface area is 190 Å². The van der Waals surface area contributed by atoms with Crippen molar-refractivity contribution in [2.75, 3.05) is 12.8 Å². The number of para-hydroxylation sites is 1. The summed E-state index contributed by atoms with van der Waals surface area (Å²) in [6, 6.07) is 5.57. The Morgan fingerprint density at radius 3 is 2.28 bits per heavy atom. The number of rotatable bonds is 14. The average molecular weight is 454 g/mol. The van der Waals surface area contributed by atoms with E-state index in [1.807, 2.05) is 12.1 Å². The SMILES string of the molecule is COC1C(C)OC(Oc2cccc(CCCCCCCCCCC(=O)O)c2N)C(O)C1O. The molecule has 1 aromatic rings. The van der Waals surface area contributed by atoms with Crippen LogP contribution in [0.3, 0.4) is 0 Å². The number of carbonyl (C=O) groups is 1. The van der Waals surface area contributed by atoms with Crippen LogP contribution in [0.2, 0.25) is 0 Å². The Kier molecular flexibility index (Phi) is 11.2. The van der Waals surface area contributed by atoms with Crippen LogP contribution in [-0.4, -0.2) is 59.1 Å². The number of hydrogen-bond donors (Lipinski definition) is 4. The van der Waals surface area contributed by atoms with Crippen molar-refractivity contribution in [1.29, 1.82) is 0 Å². The molecule has 0 aromatic heterocycles. The van der Waals surface area contributed by atoms with E-state index in [-0.39, 0.29) is 6.42 Å². The van der Waals surface area contributed by atoms with E-state index in [0.717, 1.165) is 63.4 Å². The monoisotopic (exact) mass is 453 g/mol. The van der Waals surface area contributed by atoms with Gasteiger partial charge in [-0.25, -0.2) is 0 Å². The molecule has 1 fully saturated rings. The van der Waals surface area contributed by atoms with E-state index in [2.05, 4.69) is 0 Å². The van der Waals surface area contributed by atoms with E-state index in [9.17, 15) is 15.0 Å². The minimum absolute atomic E-state index is 0.267. The summed E-state index contributed by atoms with van der Waals surface area (Å²) in [4.78, 5) is 10.5. The first-order valence-electron chi connectivity index (χ1n) is 11.6. The summed E-state index contributed by atoms with van der Waals surface area (Å²) in [5, 5.41) is 29.2. The van der Waals surface area contributed by atoms with Crippen LogP contribution in [0, 0.1) is 0 Å². The fraction of sp³-hybridized carbons (Fsp3) is 0.708. The molecule has 5 atom stereocenters. The molecule has 2 rings (SSSR count). The van der Waals surface area contributed by atoms with Gasteiger partial charge in [0.25, 0.3) is 0 Å². The third kappa shape index (κ3) is 7.92. The van der Waals surface area contributed by atoms with Crippen LogP contribution < -0.4 is 10.5 Å². The molecule has 0 spiro atoms. The third-order valence-electron chi connectivity index (χ3n) is 6.04. The van der Waals surface area contributed by atoms with Crippen LogP contribution in [-0.2, 0) is 20.7 Å². The predicted octanol–water partition coefficient (Wildman–Crippen LogP) is 3.27. The molecule has 8 heteroatoms. The number of hydrogen-bond acceptors (Lipinski definition) is 7. The van der Waals surface area contributed by atoms with E-state index < -0.39 is 36.7 Å². The zero-order chi connectivity index (χ0) is 23.5. The summed E-state index contributed by atoms with van der Waals surface area (Å²) in [6.45, 7) is 1.76. The standard InChI is InChI=1S/C24H39NO7/c1-16-23(30-2)21(28)22(29)24(31-16)32-18-14-11-13-17(20(18)25)12-9-7-5-3-4-6-8-10-15-19(26)27/h11,13-14,16,21-24,28-29H,3-10,12,15,25H2,1-2H3,(H,26,27). The fourth-order valence-corrected chi connectivity index (χ4v) is 4.12. The number of methoxy groups -OCH3 is 1. The van der Waals surface area contributed by atoms with Gasteiger partial charge in [0.15, 0.2) is 0 Å². The lowest BCUT2D eigenvalue weighted by atomic mass is 9.99. The number of carboxylic acid groups (broad SMARTS) is 1. The van der Waals surface area contributed by atoms with Crippen molar-refractivity contribution in [3.8, 4) is 5.75 Å². The van der Waals surface area contributed by atoms with Crippen LogP contribution in [0.1, 0.15) is 70.3 Å². The molecule has 1 aromatic carbocycles. The number of unbranched alkanes of at least 4 members (excludes halogenated alkanes) is 7. The van der Waals surface area contributed by atoms with Crippen molar-refractivity contribution < 1.29 is 34.3 Å². The van der Waals surface area contributed by atoms with Crippen molar-refractivity contribution in [2.45, 2.75) is 102 Å². The molecule has 182 valence electrons. The van der Waals surface area contributed by atoms with Gasteiger partial charge < -0.3 is 35.3 Å². The highest BCUT2D eigenvalue weighted by Gasteiger charge is 2.44. The Morgan fingerprint density at radius 2 is 1.66 bits per heavy atom. The number of aliphatic hydroxyl groups excluding tert-OH is 2. The van der Waals surface area contributed by atoms with Crippen molar-refractivity contribution in [3.63, 3.8) is 0 Å². The normalized spacial score (nSPS) is 25.6. The molecule has 8 nitrogen and oxygen atoms in total. The number of anilines is 1. The van der Waals surface area contributed by atoms with Crippen LogP contribution >= 0.6 is 0 Å². The summed E-state index contributed by atoms with van der Waals surface area (Å²) in [5.74, 6) is -0.281. The highest BCUT2D eigenvalue weighted by Crippen LogP contribution is 2.31. The summed E-state index contributed by atoms with van der Waals surface area (Å²) < 4.78 is 16.7. The van der Waals surface area contributed by atoms with E-state index >= 15 is 0 Å². The van der Waals surface area contributed by atoms with Crippen LogP contribution in [0.15, 0.2) is 18.2 Å². The Morgan fingerprint density at radius 1 is 1.03 bits per heavy atom. The Hall–Kier alpha value is -1.87. The summed E-state index contributed by atoms with van der Waals surface area (Å²) >= 11 is 0. The van der Waals surface area contributed by atoms with E-state index in [4.69, 9.17) is 25.1 Å². The second kappa shape index (κ2) is 13.6. The highest BCUT2D eigenvalue weighted by molar-refractivity contribution is 5.66. The van der Waals surface area contributed by atoms with Crippen molar-refractivity contribution in [1.82, 2.24) is 0 Å². The predicted molar refractivity (Wildman–Crippen MR) is 122 cm³/mol. The van der Waals surface area contributed by atoms with Gasteiger partial charge in [0.2, 0.25) is 6.29 Å². The van der Waals surface area contributed by atoms with E-state index in [1.165, 1.54) is 7.11 Å². The number of benzene rings is 1. The smallest absolute Gasteiger partial charge is 0.303 e. The molecule has 5 N–H and O–H groups in total. The van der Waals surface area contributed by atoms with Gasteiger partial charge in [0.1, 0.15) is 24.1 Å². The number of aryl methyl sites for hydroxylation is 1. The first-order chi connectivity index (χ1) is 15.3. The molecule has 1 aliphatic rings. The summed E-state index contributed by atoms with van der Waals surface area (Å²) in [7, 11) is 1.46. The molecule has 0 radical (unpaired) electrons. The van der Waals surface area contributed by atoms with Gasteiger partial charge in [-0.2, -0.15) is 0 Å². The molecule has 0 bridgehead atoms. The van der Waals surface area contributed by atoms with Crippen molar-refractivity contribution >= 4 is 11.7 Å². The molecule has 0 amide bonds. The quantitative estimate of drug-likeness (QED) is 0.249. The maximum absolute atomic E-state index is 10.5. The number of carboxylic acids is 1. The largest absolute Gasteiger partial charge is 0.481 e. The van der Waals surface area contributed by atoms with Gasteiger partial charge in [0, 0.05) is 13.5 Å². The highest BCUT2D eigenvalue weighted by atomic mass is 16.7. The van der Waals surface area contributed by atoms with Crippen LogP contribution in [0.4, 0.5) is 5.69 Å². The topological polar surface area (TPSA) is 131 Å². The fourth-order valence-electron chi connectivity index (χ4n) is 4.12. The van der Waals surface area contributed by atoms with Gasteiger partial charge in [-0.15, -0.1) is 0 Å². The molecular formula is C24H39NO7. The molecule has 1 heterocycles. The van der Waals surface area contributed by atoms with Crippen LogP contribution in [0.5, 0.6) is 5.75 Å². The van der Waals surface area contributed by atoms with Gasteiger partial charge in [0.05, 0.1) is 11.8 Å². The van der Waals surface area contributed by atoms with Gasteiger partial charge in [-0.1, -0.05) is 50.7 Å². The van der Waals surface area contributed by atoms with Gasteiger partial charge in [-0.05, 0) is 37.8 Å². The maximum Gasteiger partial charge on any atom is 0.303 e. The zero-order valence-corrected chi connectivity index (χ0v) is 19.2. The number of aliphatic carboxylic acids is 1. The molecule has 1 saturated heterocycles. The van der Waals surface area contributed by atoms with Gasteiger partial charge in [-0.3, -0.25) is 4.79 Å². The van der Waals surface area contributed by atoms with Crippen molar-refractivity contribution in [3.05, 3.63) is 23.8 Å². The second-order valence-electron chi connectivity index (χ2n) is 8.56. The third-order valence-corrected chi connectivity index (χ3v) is 6.04. The van der Waals surface area contributed by atoms with E-state index in [1.54, 1.807) is 13.0 Å². The molecule has 32 heavy (non-hydrogen) atoms. The number of ether oxygens (including phenoxy) is 3. The zero-order valence-electron chi connectivity index (χ0n) is 19.2. The maximum atomic E-state index is 10.5.